The molecular formula is C14H17NO8. The first-order valence-corrected chi connectivity index (χ1v) is 6.50. The lowest BCUT2D eigenvalue weighted by molar-refractivity contribution is -0.484. The molecule has 1 aromatic carbocycles. The van der Waals surface area contributed by atoms with Gasteiger partial charge in [0.25, 0.3) is 0 Å². The number of phenols is 1. The second-order valence-corrected chi connectivity index (χ2v) is 4.58. The molecule has 9 heteroatoms. The third-order valence-corrected chi connectivity index (χ3v) is 3.29. The summed E-state index contributed by atoms with van der Waals surface area (Å²) >= 11 is 0. The molecule has 9 nitrogen and oxygen atoms in total. The summed E-state index contributed by atoms with van der Waals surface area (Å²) in [6, 6.07) is 3.94. The molecule has 0 amide bonds. The van der Waals surface area contributed by atoms with E-state index in [9.17, 15) is 24.8 Å². The minimum atomic E-state index is -1.51. The van der Waals surface area contributed by atoms with Crippen molar-refractivity contribution in [3.05, 3.63) is 33.9 Å². The normalized spacial score (nSPS) is 11.7. The lowest BCUT2D eigenvalue weighted by atomic mass is 9.85. The van der Waals surface area contributed by atoms with Crippen molar-refractivity contribution in [3.8, 4) is 11.5 Å². The molecular weight excluding hydrogens is 310 g/mol. The first kappa shape index (κ1) is 18.2. The molecule has 1 rings (SSSR count). The van der Waals surface area contributed by atoms with Crippen LogP contribution in [0.2, 0.25) is 0 Å². The lowest BCUT2D eigenvalue weighted by Gasteiger charge is -2.21. The molecule has 126 valence electrons. The average molecular weight is 327 g/mol. The zero-order chi connectivity index (χ0) is 17.6. The lowest BCUT2D eigenvalue weighted by Crippen LogP contribution is -2.35. The summed E-state index contributed by atoms with van der Waals surface area (Å²) in [5.74, 6) is -4.66. The maximum atomic E-state index is 11.9. The molecule has 0 aliphatic carbocycles. The molecule has 0 aliphatic rings. The van der Waals surface area contributed by atoms with Crippen LogP contribution in [0.15, 0.2) is 18.2 Å². The van der Waals surface area contributed by atoms with Crippen LogP contribution < -0.4 is 4.74 Å². The highest BCUT2D eigenvalue weighted by Gasteiger charge is 2.41. The molecule has 0 radical (unpaired) electrons. The summed E-state index contributed by atoms with van der Waals surface area (Å²) in [6.07, 6.45) is 0. The number of rotatable bonds is 7. The van der Waals surface area contributed by atoms with Crippen molar-refractivity contribution in [2.24, 2.45) is 5.92 Å². The van der Waals surface area contributed by atoms with Crippen molar-refractivity contribution in [2.45, 2.75) is 5.92 Å². The summed E-state index contributed by atoms with van der Waals surface area (Å²) in [4.78, 5) is 34.1. The van der Waals surface area contributed by atoms with Gasteiger partial charge in [0.15, 0.2) is 17.4 Å². The Balaban J connectivity index is 3.38. The fourth-order valence-corrected chi connectivity index (χ4v) is 2.17. The molecule has 0 saturated carbocycles. The van der Waals surface area contributed by atoms with Gasteiger partial charge in [-0.25, -0.2) is 0 Å². The number of ether oxygens (including phenoxy) is 3. The van der Waals surface area contributed by atoms with Crippen LogP contribution in [0.1, 0.15) is 11.5 Å². The number of methoxy groups -OCH3 is 3. The first-order chi connectivity index (χ1) is 10.8. The summed E-state index contributed by atoms with van der Waals surface area (Å²) in [5, 5.41) is 20.6. The van der Waals surface area contributed by atoms with Gasteiger partial charge < -0.3 is 19.3 Å². The Labute approximate surface area is 131 Å². The molecule has 0 aliphatic heterocycles. The van der Waals surface area contributed by atoms with E-state index in [2.05, 4.69) is 9.47 Å². The Morgan fingerprint density at radius 3 is 2.22 bits per heavy atom. The largest absolute Gasteiger partial charge is 0.504 e. The standard InChI is InChI=1S/C14H17NO8/c1-21-11-6-8(4-5-10(11)16)9(7-15(19)20)12(13(17)22-2)14(18)23-3/h4-6,9,12,16H,7H2,1-3H3/t9-/m0/s1. The molecule has 1 atom stereocenters. The van der Waals surface area contributed by atoms with E-state index in [1.807, 2.05) is 0 Å². The van der Waals surface area contributed by atoms with Gasteiger partial charge in [0.1, 0.15) is 0 Å². The second kappa shape index (κ2) is 7.97. The van der Waals surface area contributed by atoms with Gasteiger partial charge in [0, 0.05) is 4.92 Å². The van der Waals surface area contributed by atoms with Crippen LogP contribution in [-0.2, 0) is 19.1 Å². The molecule has 0 fully saturated rings. The second-order valence-electron chi connectivity index (χ2n) is 4.58. The number of hydrogen-bond acceptors (Lipinski definition) is 8. The molecule has 0 bridgehead atoms. The number of carbonyl (C=O) groups is 2. The minimum Gasteiger partial charge on any atom is -0.504 e. The van der Waals surface area contributed by atoms with Gasteiger partial charge in [-0.1, -0.05) is 6.07 Å². The van der Waals surface area contributed by atoms with Crippen LogP contribution in [0.3, 0.4) is 0 Å². The van der Waals surface area contributed by atoms with E-state index in [-0.39, 0.29) is 17.1 Å². The Morgan fingerprint density at radius 2 is 1.78 bits per heavy atom. The quantitative estimate of drug-likeness (QED) is 0.336. The smallest absolute Gasteiger partial charge is 0.320 e. The number of nitrogens with zero attached hydrogens (tertiary/aromatic N) is 1. The summed E-state index contributed by atoms with van der Waals surface area (Å²) in [5.41, 5.74) is 0.261. The summed E-state index contributed by atoms with van der Waals surface area (Å²) < 4.78 is 14.1. The SMILES string of the molecule is COC(=O)C(C(=O)OC)[C@@H](C[N+](=O)[O-])c1ccc(O)c(OC)c1. The van der Waals surface area contributed by atoms with Crippen molar-refractivity contribution in [1.29, 1.82) is 0 Å². The van der Waals surface area contributed by atoms with Gasteiger partial charge in [-0.2, -0.15) is 0 Å². The summed E-state index contributed by atoms with van der Waals surface area (Å²) in [6.45, 7) is -0.706. The van der Waals surface area contributed by atoms with Gasteiger partial charge >= 0.3 is 11.9 Å². The topological polar surface area (TPSA) is 125 Å². The highest BCUT2D eigenvalue weighted by molar-refractivity contribution is 5.96. The van der Waals surface area contributed by atoms with Gasteiger partial charge in [0.05, 0.1) is 27.2 Å². The van der Waals surface area contributed by atoms with E-state index in [0.717, 1.165) is 14.2 Å². The molecule has 0 spiro atoms. The minimum absolute atomic E-state index is 0.0596. The molecule has 0 saturated heterocycles. The van der Waals surface area contributed by atoms with Crippen molar-refractivity contribution in [2.75, 3.05) is 27.9 Å². The Hall–Kier alpha value is -2.84. The summed E-state index contributed by atoms with van der Waals surface area (Å²) in [7, 11) is 3.44. The number of carbonyl (C=O) groups excluding carboxylic acids is 2. The third kappa shape index (κ3) is 4.31. The fraction of sp³-hybridized carbons (Fsp3) is 0.429. The van der Waals surface area contributed by atoms with Crippen molar-refractivity contribution in [3.63, 3.8) is 0 Å². The van der Waals surface area contributed by atoms with Crippen LogP contribution in [0.5, 0.6) is 11.5 Å². The molecule has 0 unspecified atom stereocenters. The van der Waals surface area contributed by atoms with E-state index in [0.29, 0.717) is 0 Å². The third-order valence-electron chi connectivity index (χ3n) is 3.29. The van der Waals surface area contributed by atoms with E-state index < -0.39 is 35.2 Å². The number of aromatic hydroxyl groups is 1. The molecule has 23 heavy (non-hydrogen) atoms. The molecule has 1 N–H and O–H groups in total. The zero-order valence-corrected chi connectivity index (χ0v) is 12.8. The fourth-order valence-electron chi connectivity index (χ4n) is 2.17. The first-order valence-electron chi connectivity index (χ1n) is 6.50. The van der Waals surface area contributed by atoms with Gasteiger partial charge in [0.2, 0.25) is 6.54 Å². The highest BCUT2D eigenvalue weighted by atomic mass is 16.6. The van der Waals surface area contributed by atoms with E-state index >= 15 is 0 Å². The van der Waals surface area contributed by atoms with Crippen LogP contribution in [0.25, 0.3) is 0 Å². The predicted molar refractivity (Wildman–Crippen MR) is 76.8 cm³/mol. The van der Waals surface area contributed by atoms with E-state index in [1.165, 1.54) is 25.3 Å². The van der Waals surface area contributed by atoms with Crippen LogP contribution in [0.4, 0.5) is 0 Å². The Bertz CT molecular complexity index is 584. The van der Waals surface area contributed by atoms with Gasteiger partial charge in [-0.3, -0.25) is 19.7 Å². The highest BCUT2D eigenvalue weighted by Crippen LogP contribution is 2.34. The number of hydrogen-bond donors (Lipinski definition) is 1. The number of esters is 2. The molecule has 1 aromatic rings. The van der Waals surface area contributed by atoms with Crippen LogP contribution >= 0.6 is 0 Å². The van der Waals surface area contributed by atoms with E-state index in [1.54, 1.807) is 0 Å². The Kier molecular flexibility index (Phi) is 6.31. The maximum absolute atomic E-state index is 11.9. The zero-order valence-electron chi connectivity index (χ0n) is 12.8. The van der Waals surface area contributed by atoms with Crippen LogP contribution in [0, 0.1) is 16.0 Å². The monoisotopic (exact) mass is 327 g/mol. The number of phenolic OH excluding ortho intramolecular Hbond substituents is 1. The van der Waals surface area contributed by atoms with Crippen molar-refractivity contribution < 1.29 is 33.8 Å². The van der Waals surface area contributed by atoms with E-state index in [4.69, 9.17) is 4.74 Å². The van der Waals surface area contributed by atoms with Crippen molar-refractivity contribution >= 4 is 11.9 Å². The van der Waals surface area contributed by atoms with Gasteiger partial charge in [-0.05, 0) is 17.7 Å². The predicted octanol–water partition coefficient (Wildman–Crippen LogP) is 0.723. The number of benzene rings is 1. The number of nitro groups is 1. The van der Waals surface area contributed by atoms with Crippen LogP contribution in [-0.4, -0.2) is 49.8 Å². The van der Waals surface area contributed by atoms with Crippen molar-refractivity contribution in [1.82, 2.24) is 0 Å². The Morgan fingerprint density at radius 1 is 1.22 bits per heavy atom. The molecule has 0 heterocycles. The average Bonchev–Trinajstić information content (AvgIpc) is 2.53. The van der Waals surface area contributed by atoms with Gasteiger partial charge in [-0.15, -0.1) is 0 Å². The molecule has 0 aromatic heterocycles. The maximum Gasteiger partial charge on any atom is 0.320 e.